The van der Waals surface area contributed by atoms with Crippen LogP contribution in [-0.2, 0) is 21.1 Å². The number of nitrogens with zero attached hydrogens (tertiary/aromatic N) is 24. The van der Waals surface area contributed by atoms with Gasteiger partial charge < -0.3 is 33.6 Å². The van der Waals surface area contributed by atoms with Crippen LogP contribution in [0.25, 0.3) is 232 Å². The molecule has 28 heterocycles. The maximum atomic E-state index is 4.84. The molecule has 0 aliphatic carbocycles. The van der Waals surface area contributed by atoms with E-state index in [0.29, 0.717) is 0 Å². The molecule has 28 aromatic heterocycles. The fourth-order valence-corrected chi connectivity index (χ4v) is 18.1. The van der Waals surface area contributed by atoms with Gasteiger partial charge in [0, 0.05) is 294 Å². The molecule has 0 spiro atoms. The molecule has 690 valence electrons. The first-order chi connectivity index (χ1) is 70.0. The van der Waals surface area contributed by atoms with E-state index >= 15 is 0 Å². The number of hydrogen-bond acceptors (Lipinski definition) is 21. The van der Waals surface area contributed by atoms with Crippen LogP contribution >= 0.6 is 0 Å². The van der Waals surface area contributed by atoms with Gasteiger partial charge in [0.2, 0.25) is 0 Å². The zero-order valence-electron chi connectivity index (χ0n) is 79.6. The molecule has 28 rings (SSSR count). The van der Waals surface area contributed by atoms with Gasteiger partial charge in [-0.05, 0) is 261 Å². The Morgan fingerprint density at radius 3 is 0.881 bits per heavy atom. The Morgan fingerprint density at radius 2 is 0.510 bits per heavy atom. The van der Waals surface area contributed by atoms with Crippen LogP contribution in [0.3, 0.4) is 0 Å². The maximum Gasteiger partial charge on any atom is 0.141 e. The molecule has 28 nitrogen and oxygen atoms in total. The number of aromatic amines is 4. The maximum absolute atomic E-state index is 4.84. The number of aryl methyl sites for hydroxylation is 10. The van der Waals surface area contributed by atoms with Gasteiger partial charge in [-0.1, -0.05) is 6.07 Å². The number of hydrogen-bond donors (Lipinski definition) is 4. The Hall–Kier alpha value is -19.2. The molecule has 0 unspecified atom stereocenters. The molecule has 0 aliphatic heterocycles. The van der Waals surface area contributed by atoms with E-state index in [1.54, 1.807) is 37.2 Å². The molecule has 143 heavy (non-hydrogen) atoms. The van der Waals surface area contributed by atoms with Crippen molar-refractivity contribution in [2.24, 2.45) is 21.1 Å². The lowest BCUT2D eigenvalue weighted by molar-refractivity contribution is 0.989. The van der Waals surface area contributed by atoms with Crippen molar-refractivity contribution in [3.05, 3.63) is 382 Å². The van der Waals surface area contributed by atoms with Gasteiger partial charge in [-0.25, -0.2) is 34.9 Å². The van der Waals surface area contributed by atoms with Gasteiger partial charge in [-0.3, -0.25) is 69.8 Å². The summed E-state index contributed by atoms with van der Waals surface area (Å²) in [5.74, 6) is 0. The number of nitrogens with one attached hydrogen (secondary N) is 4. The summed E-state index contributed by atoms with van der Waals surface area (Å²) in [5, 5.41) is 15.6. The Balaban J connectivity index is 0.0000000954. The summed E-state index contributed by atoms with van der Waals surface area (Å²) < 4.78 is 6.34. The smallest absolute Gasteiger partial charge is 0.141 e. The lowest BCUT2D eigenvalue weighted by atomic mass is 10.1. The van der Waals surface area contributed by atoms with Gasteiger partial charge in [0.05, 0.1) is 84.2 Å². The monoisotopic (exact) mass is 1860 g/mol. The Labute approximate surface area is 817 Å². The third-order valence-corrected chi connectivity index (χ3v) is 25.5. The molecule has 0 saturated carbocycles. The average Bonchev–Trinajstić information content (AvgIpc) is 1.61. The minimum atomic E-state index is 0.869. The standard InChI is InChI=1S/3C17H14N4.4C16H12N4/c1-11-9-12(5-8-19-11)15-4-3-13-14-10-18-7-6-16(14)21(2)17(13)20-15;1-11-3-4-12(9-19-11)15-6-5-13-14-10-18-8-7-16(14)21(2)17(13)20-15;1-11-12(4-3-8-19-11)15-6-5-13-14-10-18-9-7-16(14)21(2)17(13)20-15;1-10-8-11(4-7-18-10)14-3-2-12-13-9-17-6-5-15(13)20-16(12)19-14;1-10-2-3-11(8-18-10)14-5-4-12-13-9-17-7-6-15(13)20-16(12)19-14;1-10-11(3-2-7-18-10)14-5-4-12-13-9-17-8-6-15(13)20-16(12)19-14;1-10-3-2-4-14(18-10)15-6-5-11-12-9-17-8-7-13(12)19-16(11)20-15/h3*3-10H,1-2H3;4*2-9H,1H3,(H,19,20). The highest BCUT2D eigenvalue weighted by Gasteiger charge is 2.19. The van der Waals surface area contributed by atoms with Crippen LogP contribution in [0.2, 0.25) is 0 Å². The van der Waals surface area contributed by atoms with Crippen molar-refractivity contribution < 1.29 is 0 Å². The summed E-state index contributed by atoms with van der Waals surface area (Å²) >= 11 is 0. The highest BCUT2D eigenvalue weighted by Crippen LogP contribution is 2.37. The summed E-state index contributed by atoms with van der Waals surface area (Å²) in [7, 11) is 6.12. The fraction of sp³-hybridized carbons (Fsp3) is 0.0870. The van der Waals surface area contributed by atoms with Gasteiger partial charge in [-0.15, -0.1) is 0 Å². The van der Waals surface area contributed by atoms with Crippen molar-refractivity contribution in [1.29, 1.82) is 0 Å². The lowest BCUT2D eigenvalue weighted by Crippen LogP contribution is -1.93. The van der Waals surface area contributed by atoms with Crippen LogP contribution in [0, 0.1) is 48.5 Å². The lowest BCUT2D eigenvalue weighted by Gasteiger charge is -2.05. The quantitative estimate of drug-likeness (QED) is 0.115. The molecular formula is C115H90N28. The van der Waals surface area contributed by atoms with Crippen molar-refractivity contribution in [2.45, 2.75) is 48.5 Å². The molecule has 0 atom stereocenters. The largest absolute Gasteiger partial charge is 0.339 e. The predicted octanol–water partition coefficient (Wildman–Crippen LogP) is 24.4. The summed E-state index contributed by atoms with van der Waals surface area (Å²) in [6.45, 7) is 13.9. The van der Waals surface area contributed by atoms with Crippen LogP contribution in [0.1, 0.15) is 39.9 Å². The van der Waals surface area contributed by atoms with Crippen molar-refractivity contribution in [2.75, 3.05) is 0 Å². The molecule has 0 bridgehead atoms. The van der Waals surface area contributed by atoms with Crippen molar-refractivity contribution in [3.63, 3.8) is 0 Å². The van der Waals surface area contributed by atoms with E-state index < -0.39 is 0 Å². The molecule has 0 amide bonds. The van der Waals surface area contributed by atoms with Gasteiger partial charge in [-0.2, -0.15) is 0 Å². The third kappa shape index (κ3) is 17.8. The molecule has 28 aromatic rings. The molecule has 0 radical (unpaired) electrons. The first kappa shape index (κ1) is 89.0. The number of pyridine rings is 21. The second kappa shape index (κ2) is 38.4. The number of rotatable bonds is 7. The van der Waals surface area contributed by atoms with E-state index in [1.165, 1.54) is 0 Å². The third-order valence-electron chi connectivity index (χ3n) is 25.5. The SMILES string of the molecule is Cc1cc(-c2ccc3c(n2)[nH]c2ccncc23)ccn1.Cc1cc(-c2ccc3c4cnccc4n(C)c3n2)ccn1.Cc1ccc(-c2ccc3c(n2)[nH]c2ccncc23)cn1.Cc1ccc(-c2ccc3c4cnccc4n(C)c3n2)cn1.Cc1cccc(-c2ccc3c(n2)[nH]c2ccncc23)n1.Cc1ncccc1-c1ccc2c(n1)[nH]c1ccncc12.Cc1ncccc1-c1ccc2c3cnccc3n(C)c2n1. The van der Waals surface area contributed by atoms with Gasteiger partial charge >= 0.3 is 0 Å². The zero-order valence-corrected chi connectivity index (χ0v) is 79.6. The number of fused-ring (bicyclic) bond motifs is 21. The van der Waals surface area contributed by atoms with Gasteiger partial charge in [0.1, 0.15) is 39.5 Å². The summed E-state index contributed by atoms with van der Waals surface area (Å²) in [6, 6.07) is 73.0. The number of aromatic nitrogens is 28. The second-order valence-electron chi connectivity index (χ2n) is 34.8. The molecular weight excluding hydrogens is 1770 g/mol. The summed E-state index contributed by atoms with van der Waals surface area (Å²) in [5.41, 5.74) is 34.9. The highest BCUT2D eigenvalue weighted by molar-refractivity contribution is 6.12. The van der Waals surface area contributed by atoms with E-state index in [1.807, 2.05) is 302 Å². The van der Waals surface area contributed by atoms with Crippen molar-refractivity contribution >= 4 is 154 Å². The van der Waals surface area contributed by atoms with Crippen LogP contribution in [0.4, 0.5) is 0 Å². The Bertz CT molecular complexity index is 9510. The Morgan fingerprint density at radius 1 is 0.196 bits per heavy atom. The van der Waals surface area contributed by atoms with E-state index in [0.717, 1.165) is 272 Å². The number of H-pyrrole nitrogens is 4. The molecule has 4 N–H and O–H groups in total. The van der Waals surface area contributed by atoms with Crippen molar-refractivity contribution in [1.82, 2.24) is 138 Å². The first-order valence-electron chi connectivity index (χ1n) is 46.5. The van der Waals surface area contributed by atoms with Crippen LogP contribution in [-0.4, -0.2) is 138 Å². The Kier molecular flexibility index (Phi) is 23.9. The van der Waals surface area contributed by atoms with Crippen LogP contribution in [0.15, 0.2) is 342 Å². The van der Waals surface area contributed by atoms with E-state index in [9.17, 15) is 0 Å². The fourth-order valence-electron chi connectivity index (χ4n) is 18.1. The van der Waals surface area contributed by atoms with E-state index in [-0.39, 0.29) is 0 Å². The highest BCUT2D eigenvalue weighted by atomic mass is 15.0. The topological polar surface area (TPSA) is 349 Å². The molecule has 28 heteroatoms. The van der Waals surface area contributed by atoms with Gasteiger partial charge in [0.25, 0.3) is 0 Å². The minimum absolute atomic E-state index is 0.869. The van der Waals surface area contributed by atoms with Crippen LogP contribution < -0.4 is 0 Å². The van der Waals surface area contributed by atoms with E-state index in [2.05, 4.69) is 186 Å². The van der Waals surface area contributed by atoms with Crippen LogP contribution in [0.5, 0.6) is 0 Å². The minimum Gasteiger partial charge on any atom is -0.339 e. The summed E-state index contributed by atoms with van der Waals surface area (Å²) in [6.07, 6.45) is 36.7. The van der Waals surface area contributed by atoms with E-state index in [4.69, 9.17) is 24.9 Å². The first-order valence-corrected chi connectivity index (χ1v) is 46.5. The average molecular weight is 1860 g/mol. The summed E-state index contributed by atoms with van der Waals surface area (Å²) in [4.78, 5) is 106. The van der Waals surface area contributed by atoms with Crippen molar-refractivity contribution in [3.8, 4) is 78.9 Å². The molecule has 0 saturated heterocycles. The normalized spacial score (nSPS) is 11.3. The zero-order chi connectivity index (χ0) is 97.3. The second-order valence-corrected chi connectivity index (χ2v) is 34.8. The van der Waals surface area contributed by atoms with Gasteiger partial charge in [0.15, 0.2) is 0 Å². The predicted molar refractivity (Wildman–Crippen MR) is 569 cm³/mol. The molecule has 0 fully saturated rings. The molecule has 0 aliphatic rings. The molecule has 0 aromatic carbocycles.